The van der Waals surface area contributed by atoms with Gasteiger partial charge in [0.1, 0.15) is 0 Å². The molecule has 2 aromatic heterocycles. The molecule has 2 aromatic rings. The van der Waals surface area contributed by atoms with Crippen molar-refractivity contribution in [3.8, 4) is 0 Å². The van der Waals surface area contributed by atoms with Gasteiger partial charge in [0, 0.05) is 32.2 Å². The molecule has 0 unspecified atom stereocenters. The maximum atomic E-state index is 12.8. The molecule has 0 radical (unpaired) electrons. The average molecular weight is 317 g/mol. The Hall–Kier alpha value is -2.15. The first kappa shape index (κ1) is 15.7. The van der Waals surface area contributed by atoms with Crippen molar-refractivity contribution in [2.24, 2.45) is 0 Å². The van der Waals surface area contributed by atoms with Gasteiger partial charge in [-0.05, 0) is 26.7 Å². The Morgan fingerprint density at radius 3 is 2.87 bits per heavy atom. The second-order valence-electron chi connectivity index (χ2n) is 6.11. The van der Waals surface area contributed by atoms with Gasteiger partial charge in [0.2, 0.25) is 0 Å². The number of likely N-dealkylation sites (N-methyl/N-ethyl adjacent to an activating group) is 1. The van der Waals surface area contributed by atoms with Crippen LogP contribution in [0.2, 0.25) is 0 Å². The molecule has 1 aliphatic carbocycles. The summed E-state index contributed by atoms with van der Waals surface area (Å²) >= 11 is 0. The topological polar surface area (TPSA) is 76.2 Å². The SMILES string of the molecule is CCn1cc(C(=O)N(C)[C@@H]2CC[C@@H](n3ccnc3)[C@@H]2O)c(C)n1. The summed E-state index contributed by atoms with van der Waals surface area (Å²) in [6, 6.07) is -0.225. The molecule has 2 heterocycles. The van der Waals surface area contributed by atoms with Gasteiger partial charge in [-0.15, -0.1) is 0 Å². The Balaban J connectivity index is 1.76. The summed E-state index contributed by atoms with van der Waals surface area (Å²) in [5, 5.41) is 15.0. The van der Waals surface area contributed by atoms with Gasteiger partial charge in [0.05, 0.1) is 35.8 Å². The van der Waals surface area contributed by atoms with Crippen LogP contribution in [0.5, 0.6) is 0 Å². The number of nitrogens with zero attached hydrogens (tertiary/aromatic N) is 5. The standard InChI is InChI=1S/C16H23N5O2/c1-4-21-9-12(11(2)18-21)16(23)19(3)13-5-6-14(15(13)22)20-8-7-17-10-20/h7-10,13-15,22H,4-6H2,1-3H3/t13-,14-,15-/m1/s1. The summed E-state index contributed by atoms with van der Waals surface area (Å²) in [6.07, 6.45) is 8.06. The van der Waals surface area contributed by atoms with Crippen molar-refractivity contribution in [3.05, 3.63) is 36.2 Å². The minimum Gasteiger partial charge on any atom is -0.389 e. The van der Waals surface area contributed by atoms with Crippen molar-refractivity contribution in [1.82, 2.24) is 24.2 Å². The number of amides is 1. The van der Waals surface area contributed by atoms with E-state index in [2.05, 4.69) is 10.1 Å². The fraction of sp³-hybridized carbons (Fsp3) is 0.562. The first-order valence-electron chi connectivity index (χ1n) is 7.99. The zero-order valence-electron chi connectivity index (χ0n) is 13.8. The third-order valence-corrected chi connectivity index (χ3v) is 4.77. The van der Waals surface area contributed by atoms with E-state index in [0.717, 1.165) is 25.1 Å². The largest absolute Gasteiger partial charge is 0.389 e. The van der Waals surface area contributed by atoms with Crippen LogP contribution in [0, 0.1) is 6.92 Å². The van der Waals surface area contributed by atoms with Crippen molar-refractivity contribution in [3.63, 3.8) is 0 Å². The quantitative estimate of drug-likeness (QED) is 0.920. The Kier molecular flexibility index (Phi) is 4.21. The molecule has 0 spiro atoms. The Bertz CT molecular complexity index is 679. The number of carbonyl (C=O) groups is 1. The van der Waals surface area contributed by atoms with Crippen LogP contribution in [0.4, 0.5) is 0 Å². The fourth-order valence-electron chi connectivity index (χ4n) is 3.38. The third kappa shape index (κ3) is 2.76. The Morgan fingerprint density at radius 1 is 1.48 bits per heavy atom. The molecular formula is C16H23N5O2. The number of aliphatic hydroxyl groups excluding tert-OH is 1. The van der Waals surface area contributed by atoms with E-state index in [0.29, 0.717) is 5.56 Å². The van der Waals surface area contributed by atoms with Crippen LogP contribution in [0.15, 0.2) is 24.9 Å². The number of imidazole rings is 1. The number of aromatic nitrogens is 4. The highest BCUT2D eigenvalue weighted by molar-refractivity contribution is 5.95. The second kappa shape index (κ2) is 6.16. The number of hydrogen-bond donors (Lipinski definition) is 1. The predicted octanol–water partition coefficient (Wildman–Crippen LogP) is 1.24. The molecule has 0 aliphatic heterocycles. The molecule has 23 heavy (non-hydrogen) atoms. The van der Waals surface area contributed by atoms with E-state index in [9.17, 15) is 9.90 Å². The monoisotopic (exact) mass is 317 g/mol. The molecule has 7 nitrogen and oxygen atoms in total. The van der Waals surface area contributed by atoms with E-state index < -0.39 is 6.10 Å². The number of hydrogen-bond acceptors (Lipinski definition) is 4. The number of aryl methyl sites for hydroxylation is 2. The maximum Gasteiger partial charge on any atom is 0.257 e. The van der Waals surface area contributed by atoms with E-state index in [1.54, 1.807) is 35.4 Å². The molecule has 3 atom stereocenters. The average Bonchev–Trinajstić information content (AvgIpc) is 3.25. The highest BCUT2D eigenvalue weighted by Crippen LogP contribution is 2.33. The molecule has 124 valence electrons. The molecule has 1 saturated carbocycles. The molecule has 0 saturated heterocycles. The summed E-state index contributed by atoms with van der Waals surface area (Å²) in [6.45, 7) is 4.56. The van der Waals surface area contributed by atoms with Gasteiger partial charge in [-0.25, -0.2) is 4.98 Å². The van der Waals surface area contributed by atoms with Crippen LogP contribution < -0.4 is 0 Å². The predicted molar refractivity (Wildman–Crippen MR) is 85.0 cm³/mol. The highest BCUT2D eigenvalue weighted by atomic mass is 16.3. The zero-order chi connectivity index (χ0) is 16.6. The minimum absolute atomic E-state index is 0.0304. The van der Waals surface area contributed by atoms with Gasteiger partial charge < -0.3 is 14.6 Å². The Morgan fingerprint density at radius 2 is 2.26 bits per heavy atom. The maximum absolute atomic E-state index is 12.8. The van der Waals surface area contributed by atoms with E-state index in [4.69, 9.17) is 0 Å². The van der Waals surface area contributed by atoms with Crippen LogP contribution in [0.25, 0.3) is 0 Å². The van der Waals surface area contributed by atoms with Gasteiger partial charge in [-0.3, -0.25) is 9.48 Å². The van der Waals surface area contributed by atoms with Crippen LogP contribution in [0.3, 0.4) is 0 Å². The highest BCUT2D eigenvalue weighted by Gasteiger charge is 2.40. The molecule has 3 rings (SSSR count). The Labute approximate surface area is 135 Å². The van der Waals surface area contributed by atoms with Crippen LogP contribution >= 0.6 is 0 Å². The fourth-order valence-corrected chi connectivity index (χ4v) is 3.38. The lowest BCUT2D eigenvalue weighted by Gasteiger charge is -2.29. The second-order valence-corrected chi connectivity index (χ2v) is 6.11. The van der Waals surface area contributed by atoms with E-state index in [1.165, 1.54) is 0 Å². The van der Waals surface area contributed by atoms with Crippen molar-refractivity contribution in [2.75, 3.05) is 7.05 Å². The lowest BCUT2D eigenvalue weighted by atomic mass is 10.1. The lowest BCUT2D eigenvalue weighted by molar-refractivity contribution is 0.0442. The normalized spacial score (nSPS) is 24.1. The molecule has 7 heteroatoms. The molecular weight excluding hydrogens is 294 g/mol. The van der Waals surface area contributed by atoms with E-state index in [1.807, 2.05) is 24.6 Å². The molecule has 1 aliphatic rings. The number of rotatable bonds is 4. The molecule has 1 N–H and O–H groups in total. The van der Waals surface area contributed by atoms with Crippen molar-refractivity contribution >= 4 is 5.91 Å². The van der Waals surface area contributed by atoms with E-state index in [-0.39, 0.29) is 18.0 Å². The summed E-state index contributed by atoms with van der Waals surface area (Å²) < 4.78 is 3.68. The third-order valence-electron chi connectivity index (χ3n) is 4.77. The number of carbonyl (C=O) groups excluding carboxylic acids is 1. The van der Waals surface area contributed by atoms with Gasteiger partial charge in [0.25, 0.3) is 5.91 Å². The van der Waals surface area contributed by atoms with Gasteiger partial charge in [-0.1, -0.05) is 0 Å². The summed E-state index contributed by atoms with van der Waals surface area (Å²) in [7, 11) is 1.76. The van der Waals surface area contributed by atoms with Crippen molar-refractivity contribution in [1.29, 1.82) is 0 Å². The smallest absolute Gasteiger partial charge is 0.257 e. The summed E-state index contributed by atoms with van der Waals surface area (Å²) in [4.78, 5) is 18.5. The minimum atomic E-state index is -0.598. The van der Waals surface area contributed by atoms with Gasteiger partial charge in [-0.2, -0.15) is 5.10 Å². The van der Waals surface area contributed by atoms with Crippen LogP contribution in [0.1, 0.15) is 41.9 Å². The summed E-state index contributed by atoms with van der Waals surface area (Å²) in [5.74, 6) is -0.0856. The van der Waals surface area contributed by atoms with Gasteiger partial charge in [0.15, 0.2) is 0 Å². The van der Waals surface area contributed by atoms with E-state index >= 15 is 0 Å². The summed E-state index contributed by atoms with van der Waals surface area (Å²) in [5.41, 5.74) is 1.33. The van der Waals surface area contributed by atoms with Crippen molar-refractivity contribution in [2.45, 2.75) is 51.4 Å². The molecule has 1 amide bonds. The van der Waals surface area contributed by atoms with Crippen LogP contribution in [-0.4, -0.2) is 54.4 Å². The first-order chi connectivity index (χ1) is 11.0. The lowest BCUT2D eigenvalue weighted by Crippen LogP contribution is -2.43. The molecule has 1 fully saturated rings. The molecule has 0 bridgehead atoms. The molecule has 0 aromatic carbocycles. The first-order valence-corrected chi connectivity index (χ1v) is 7.99. The zero-order valence-corrected chi connectivity index (χ0v) is 13.8. The van der Waals surface area contributed by atoms with Gasteiger partial charge >= 0.3 is 0 Å². The van der Waals surface area contributed by atoms with Crippen molar-refractivity contribution < 1.29 is 9.90 Å². The van der Waals surface area contributed by atoms with Crippen LogP contribution in [-0.2, 0) is 6.54 Å². The number of aliphatic hydroxyl groups is 1.